The molecule has 0 fully saturated rings. The summed E-state index contributed by atoms with van der Waals surface area (Å²) in [4.78, 5) is 18.1. The van der Waals surface area contributed by atoms with E-state index in [-0.39, 0.29) is 21.1 Å². The Labute approximate surface area is 102 Å². The number of hydrogen-bond donors (Lipinski definition) is 1. The third-order valence-electron chi connectivity index (χ3n) is 1.12. The maximum atomic E-state index is 9.06. The number of unbranched alkanes of at least 4 members (excludes halogenated alkanes) is 3. The molecule has 0 rings (SSSR count). The first-order chi connectivity index (χ1) is 6.54. The van der Waals surface area contributed by atoms with Crippen LogP contribution in [0.1, 0.15) is 32.6 Å². The van der Waals surface area contributed by atoms with Gasteiger partial charge in [0.05, 0.1) is 0 Å². The predicted molar refractivity (Wildman–Crippen MR) is 44.8 cm³/mol. The van der Waals surface area contributed by atoms with Crippen molar-refractivity contribution >= 4 is 18.5 Å². The van der Waals surface area contributed by atoms with E-state index in [0.29, 0.717) is 0 Å². The average molecular weight is 398 g/mol. The molecule has 0 spiro atoms. The Bertz CT molecular complexity index is 174. The van der Waals surface area contributed by atoms with Gasteiger partial charge >= 0.3 is 21.1 Å². The van der Waals surface area contributed by atoms with E-state index < -0.39 is 12.3 Å². The van der Waals surface area contributed by atoms with E-state index in [1.54, 1.807) is 0 Å². The molecule has 0 bridgehead atoms. The molecule has 0 radical (unpaired) electrons. The van der Waals surface area contributed by atoms with E-state index in [1.165, 1.54) is 25.5 Å². The van der Waals surface area contributed by atoms with Crippen LogP contribution in [0, 0.1) is 5.41 Å². The van der Waals surface area contributed by atoms with Crippen molar-refractivity contribution in [1.29, 1.82) is 5.41 Å². The average Bonchev–Trinajstić information content (AvgIpc) is 2.04. The summed E-state index contributed by atoms with van der Waals surface area (Å²) in [5, 5.41) is 24.8. The summed E-state index contributed by atoms with van der Waals surface area (Å²) in [6.45, 7) is 2.17. The van der Waals surface area contributed by atoms with Gasteiger partial charge in [-0.1, -0.05) is 19.8 Å². The number of hydrogen-bond acceptors (Lipinski definition) is 6. The normalized spacial score (nSPS) is 7.53. The smallest absolute Gasteiger partial charge is 0.483 e. The fraction of sp³-hybridized carbons (Fsp3) is 0.625. The molecule has 90 valence electrons. The van der Waals surface area contributed by atoms with Gasteiger partial charge in [-0.3, -0.25) is 0 Å². The molecule has 0 aromatic rings. The number of carbonyl (C=O) groups is 2. The molecule has 0 aliphatic carbocycles. The Morgan fingerprint density at radius 3 is 1.93 bits per heavy atom. The van der Waals surface area contributed by atoms with Crippen molar-refractivity contribution in [3.05, 3.63) is 0 Å². The molecule has 0 atom stereocenters. The summed E-state index contributed by atoms with van der Waals surface area (Å²) in [5.41, 5.74) is 0. The van der Waals surface area contributed by atoms with Crippen LogP contribution in [0.15, 0.2) is 0 Å². The maximum Gasteiger partial charge on any atom is 2.00 e. The van der Waals surface area contributed by atoms with Crippen LogP contribution in [0.3, 0.4) is 0 Å². The predicted octanol–water partition coefficient (Wildman–Crippen LogP) is -0.0966. The molecule has 0 heterocycles. The molecule has 1 N–H and O–H groups in total. The zero-order chi connectivity index (χ0) is 11.4. The molecule has 0 aliphatic heterocycles. The van der Waals surface area contributed by atoms with Crippen LogP contribution in [0.5, 0.6) is 0 Å². The molecule has 0 aliphatic rings. The molecule has 0 aromatic carbocycles. The quantitative estimate of drug-likeness (QED) is 0.308. The number of carbonyl (C=O) groups excluding carboxylic acids is 2. The molecule has 0 aromatic heterocycles. The largest absolute Gasteiger partial charge is 2.00 e. The fourth-order valence-electron chi connectivity index (χ4n) is 0.564. The van der Waals surface area contributed by atoms with E-state index in [0.717, 1.165) is 6.42 Å². The number of carboxylic acid groups (broad SMARTS) is 2. The van der Waals surface area contributed by atoms with Gasteiger partial charge in [-0.2, -0.15) is 0 Å². The molecule has 6 nitrogen and oxygen atoms in total. The maximum absolute atomic E-state index is 9.06. The second-order valence-electron chi connectivity index (χ2n) is 2.30. The van der Waals surface area contributed by atoms with Crippen molar-refractivity contribution < 1.29 is 45.6 Å². The molecule has 0 saturated carbocycles. The summed E-state index contributed by atoms with van der Waals surface area (Å²) >= 11 is 0. The summed E-state index contributed by atoms with van der Waals surface area (Å²) in [6.07, 6.45) is 1.92. The van der Waals surface area contributed by atoms with Gasteiger partial charge in [0, 0.05) is 0 Å². The van der Waals surface area contributed by atoms with Gasteiger partial charge in [-0.25, -0.2) is 0 Å². The van der Waals surface area contributed by atoms with Crippen molar-refractivity contribution in [2.75, 3.05) is 0 Å². The minimum absolute atomic E-state index is 0. The minimum atomic E-state index is -2.12. The standard InChI is InChI=1S/C6H13N.C2H2O5.Pt/c1-2-3-4-5-6-7;3-1(4)7-2(5)6;/h6-7H,2-5H2,1H3;(H,3,4)(H,5,6);/q;;+2/p-2. The molecule has 15 heavy (non-hydrogen) atoms. The first kappa shape index (κ1) is 19.6. The monoisotopic (exact) mass is 398 g/mol. The third-order valence-corrected chi connectivity index (χ3v) is 1.12. The van der Waals surface area contributed by atoms with Crippen LogP contribution < -0.4 is 10.2 Å². The molecule has 7 heteroatoms. The Hall–Kier alpha value is -0.902. The van der Waals surface area contributed by atoms with Gasteiger partial charge in [0.25, 0.3) is 12.3 Å². The van der Waals surface area contributed by atoms with Crippen LogP contribution in [-0.4, -0.2) is 18.5 Å². The van der Waals surface area contributed by atoms with Crippen LogP contribution in [0.2, 0.25) is 0 Å². The molecule has 0 saturated heterocycles. The van der Waals surface area contributed by atoms with E-state index in [2.05, 4.69) is 11.7 Å². The van der Waals surface area contributed by atoms with E-state index in [9.17, 15) is 0 Å². The SMILES string of the molecule is CCCCCC=N.O=C([O-])OC(=O)[O-].[Pt+2]. The van der Waals surface area contributed by atoms with Gasteiger partial charge in [0.1, 0.15) is 0 Å². The zero-order valence-electron chi connectivity index (χ0n) is 8.26. The summed E-state index contributed by atoms with van der Waals surface area (Å²) in [6, 6.07) is 0. The zero-order valence-corrected chi connectivity index (χ0v) is 10.5. The Balaban J connectivity index is -0.000000180. The van der Waals surface area contributed by atoms with Gasteiger partial charge < -0.3 is 29.9 Å². The van der Waals surface area contributed by atoms with E-state index in [4.69, 9.17) is 25.2 Å². The van der Waals surface area contributed by atoms with Crippen molar-refractivity contribution in [3.8, 4) is 0 Å². The van der Waals surface area contributed by atoms with Gasteiger partial charge in [0.2, 0.25) is 0 Å². The second kappa shape index (κ2) is 15.6. The first-order valence-electron chi connectivity index (χ1n) is 4.13. The molecule has 0 unspecified atom stereocenters. The molecule has 0 amide bonds. The topological polar surface area (TPSA) is 113 Å². The third kappa shape index (κ3) is 32.0. The van der Waals surface area contributed by atoms with Crippen molar-refractivity contribution in [2.24, 2.45) is 0 Å². The van der Waals surface area contributed by atoms with Gasteiger partial charge in [0.15, 0.2) is 0 Å². The number of nitrogens with one attached hydrogen (secondary N) is 1. The fourth-order valence-corrected chi connectivity index (χ4v) is 0.564. The Morgan fingerprint density at radius 1 is 1.27 bits per heavy atom. The Kier molecular flexibility index (Phi) is 20.4. The van der Waals surface area contributed by atoms with Crippen LogP contribution in [0.25, 0.3) is 0 Å². The Morgan fingerprint density at radius 2 is 1.73 bits per heavy atom. The van der Waals surface area contributed by atoms with Crippen molar-refractivity contribution in [1.82, 2.24) is 0 Å². The number of ether oxygens (including phenoxy) is 1. The number of rotatable bonds is 4. The molecular weight excluding hydrogens is 385 g/mol. The first-order valence-corrected chi connectivity index (χ1v) is 4.13. The van der Waals surface area contributed by atoms with Crippen LogP contribution in [-0.2, 0) is 25.8 Å². The van der Waals surface area contributed by atoms with Crippen LogP contribution >= 0.6 is 0 Å². The minimum Gasteiger partial charge on any atom is -0.483 e. The van der Waals surface area contributed by atoms with Gasteiger partial charge in [-0.05, 0) is 19.1 Å². The summed E-state index contributed by atoms with van der Waals surface area (Å²) in [7, 11) is 0. The van der Waals surface area contributed by atoms with Crippen molar-refractivity contribution in [3.63, 3.8) is 0 Å². The molecular formula is C8H13NO5Pt. The summed E-state index contributed by atoms with van der Waals surface area (Å²) < 4.78 is 2.86. The van der Waals surface area contributed by atoms with E-state index in [1.807, 2.05) is 0 Å². The van der Waals surface area contributed by atoms with Crippen molar-refractivity contribution in [2.45, 2.75) is 32.6 Å². The van der Waals surface area contributed by atoms with Crippen LogP contribution in [0.4, 0.5) is 9.59 Å². The van der Waals surface area contributed by atoms with Gasteiger partial charge in [-0.15, -0.1) is 0 Å². The van der Waals surface area contributed by atoms with E-state index >= 15 is 0 Å². The second-order valence-corrected chi connectivity index (χ2v) is 2.30. The summed E-state index contributed by atoms with van der Waals surface area (Å²) in [5.74, 6) is 0.